The van der Waals surface area contributed by atoms with Gasteiger partial charge in [-0.2, -0.15) is 10.1 Å². The predicted octanol–water partition coefficient (Wildman–Crippen LogP) is 3.01. The van der Waals surface area contributed by atoms with Crippen LogP contribution in [0.2, 0.25) is 0 Å². The molecule has 3 aliphatic rings. The molecule has 2 amide bonds. The number of fused-ring (bicyclic) bond motifs is 5. The van der Waals surface area contributed by atoms with Gasteiger partial charge < -0.3 is 9.47 Å². The minimum Gasteiger partial charge on any atom is -0.493 e. The number of imide groups is 1. The first-order valence-electron chi connectivity index (χ1n) is 9.48. The smallest absolute Gasteiger partial charge is 0.254 e. The van der Waals surface area contributed by atoms with Crippen molar-refractivity contribution in [3.05, 3.63) is 35.9 Å². The maximum Gasteiger partial charge on any atom is 0.254 e. The van der Waals surface area contributed by atoms with Crippen LogP contribution in [0.3, 0.4) is 0 Å². The Balaban J connectivity index is 1.52. The number of ether oxygens (including phenoxy) is 2. The van der Waals surface area contributed by atoms with Crippen LogP contribution in [-0.2, 0) is 9.59 Å². The maximum absolute atomic E-state index is 12.7. The van der Waals surface area contributed by atoms with Crippen LogP contribution in [0, 0.1) is 23.7 Å². The summed E-state index contributed by atoms with van der Waals surface area (Å²) in [7, 11) is 1.58. The third kappa shape index (κ3) is 2.93. The monoisotopic (exact) mass is 368 g/mol. The number of hydrazone groups is 1. The summed E-state index contributed by atoms with van der Waals surface area (Å²) >= 11 is 0. The lowest BCUT2D eigenvalue weighted by molar-refractivity contribution is -0.140. The van der Waals surface area contributed by atoms with Gasteiger partial charge in [0.05, 0.1) is 31.3 Å². The highest BCUT2D eigenvalue weighted by molar-refractivity contribution is 6.06. The fourth-order valence-corrected chi connectivity index (χ4v) is 4.29. The molecule has 0 spiro atoms. The van der Waals surface area contributed by atoms with Crippen molar-refractivity contribution in [1.29, 1.82) is 0 Å². The molecule has 0 unspecified atom stereocenters. The number of allylic oxidation sites excluding steroid dienone is 2. The average molecular weight is 368 g/mol. The molecule has 1 aromatic rings. The second-order valence-corrected chi connectivity index (χ2v) is 7.48. The molecule has 1 saturated carbocycles. The molecule has 0 aromatic heterocycles. The van der Waals surface area contributed by atoms with E-state index in [1.165, 1.54) is 6.21 Å². The fourth-order valence-electron chi connectivity index (χ4n) is 4.29. The summed E-state index contributed by atoms with van der Waals surface area (Å²) in [6.45, 7) is 4.05. The largest absolute Gasteiger partial charge is 0.493 e. The first-order chi connectivity index (χ1) is 13.0. The lowest BCUT2D eigenvalue weighted by Gasteiger charge is -2.16. The van der Waals surface area contributed by atoms with Gasteiger partial charge in [0.25, 0.3) is 11.8 Å². The molecule has 2 aliphatic carbocycles. The minimum absolute atomic E-state index is 0.0849. The van der Waals surface area contributed by atoms with Gasteiger partial charge in [-0.3, -0.25) is 9.59 Å². The molecule has 2 fully saturated rings. The van der Waals surface area contributed by atoms with Gasteiger partial charge in [-0.1, -0.05) is 19.1 Å². The zero-order valence-corrected chi connectivity index (χ0v) is 15.8. The molecule has 4 rings (SSSR count). The summed E-state index contributed by atoms with van der Waals surface area (Å²) in [5.41, 5.74) is 0.738. The summed E-state index contributed by atoms with van der Waals surface area (Å²) in [4.78, 5) is 25.3. The highest BCUT2D eigenvalue weighted by atomic mass is 16.5. The molecule has 0 N–H and O–H groups in total. The maximum atomic E-state index is 12.7. The minimum atomic E-state index is -0.231. The summed E-state index contributed by atoms with van der Waals surface area (Å²) < 4.78 is 11.2. The Kier molecular flexibility index (Phi) is 4.50. The number of hydrogen-bond donors (Lipinski definition) is 0. The van der Waals surface area contributed by atoms with Crippen molar-refractivity contribution < 1.29 is 19.1 Å². The van der Waals surface area contributed by atoms with Gasteiger partial charge in [-0.15, -0.1) is 0 Å². The van der Waals surface area contributed by atoms with E-state index in [9.17, 15) is 9.59 Å². The molecule has 2 bridgehead atoms. The normalized spacial score (nSPS) is 29.7. The Morgan fingerprint density at radius 3 is 2.44 bits per heavy atom. The van der Waals surface area contributed by atoms with Crippen LogP contribution < -0.4 is 9.47 Å². The summed E-state index contributed by atoms with van der Waals surface area (Å²) in [5, 5.41) is 5.26. The second kappa shape index (κ2) is 6.83. The fraction of sp³-hybridized carbons (Fsp3) is 0.476. The number of benzene rings is 1. The van der Waals surface area contributed by atoms with Crippen LogP contribution in [0.4, 0.5) is 0 Å². The summed E-state index contributed by atoms with van der Waals surface area (Å²) in [6.07, 6.45) is 7.57. The zero-order valence-electron chi connectivity index (χ0n) is 15.8. The van der Waals surface area contributed by atoms with Gasteiger partial charge in [0.2, 0.25) is 0 Å². The highest BCUT2D eigenvalue weighted by Crippen LogP contribution is 2.52. The van der Waals surface area contributed by atoms with Crippen LogP contribution in [-0.4, -0.2) is 36.3 Å². The number of carbonyl (C=O) groups is 2. The number of methoxy groups -OCH3 is 1. The Morgan fingerprint density at radius 2 is 1.85 bits per heavy atom. The van der Waals surface area contributed by atoms with Gasteiger partial charge in [0, 0.05) is 0 Å². The van der Waals surface area contributed by atoms with E-state index in [2.05, 4.69) is 24.2 Å². The van der Waals surface area contributed by atoms with Crippen molar-refractivity contribution in [2.75, 3.05) is 7.11 Å². The first-order valence-corrected chi connectivity index (χ1v) is 9.48. The molecule has 1 aromatic carbocycles. The predicted molar refractivity (Wildman–Crippen MR) is 101 cm³/mol. The number of rotatable bonds is 6. The SMILES string of the molecule is CC[C@H](C)Oc1ccc(C=NN2C(=O)[C@@H]3[C@H](C2=O)[C@H]2C=C[C@H]3C2)cc1OC. The van der Waals surface area contributed by atoms with E-state index in [0.717, 1.165) is 23.4 Å². The molecule has 6 heteroatoms. The Bertz CT molecular complexity index is 801. The molecule has 0 radical (unpaired) electrons. The third-order valence-electron chi connectivity index (χ3n) is 5.86. The summed E-state index contributed by atoms with van der Waals surface area (Å²) in [6, 6.07) is 5.44. The van der Waals surface area contributed by atoms with Crippen molar-refractivity contribution in [2.45, 2.75) is 32.8 Å². The summed E-state index contributed by atoms with van der Waals surface area (Å²) in [5.74, 6) is 0.814. The molecule has 1 heterocycles. The topological polar surface area (TPSA) is 68.2 Å². The molecule has 1 saturated heterocycles. The van der Waals surface area contributed by atoms with Crippen molar-refractivity contribution in [3.63, 3.8) is 0 Å². The zero-order chi connectivity index (χ0) is 19.1. The molecule has 1 aliphatic heterocycles. The van der Waals surface area contributed by atoms with Gasteiger partial charge in [0.1, 0.15) is 0 Å². The van der Waals surface area contributed by atoms with E-state index in [1.54, 1.807) is 13.2 Å². The van der Waals surface area contributed by atoms with E-state index < -0.39 is 0 Å². The quantitative estimate of drug-likeness (QED) is 0.440. The van der Waals surface area contributed by atoms with Crippen molar-refractivity contribution in [2.24, 2.45) is 28.8 Å². The lowest BCUT2D eigenvalue weighted by Crippen LogP contribution is -2.28. The molecule has 142 valence electrons. The van der Waals surface area contributed by atoms with E-state index in [-0.39, 0.29) is 41.6 Å². The molecule has 6 nitrogen and oxygen atoms in total. The van der Waals surface area contributed by atoms with Gasteiger partial charge in [-0.05, 0) is 55.4 Å². The van der Waals surface area contributed by atoms with Gasteiger partial charge in [-0.25, -0.2) is 0 Å². The van der Waals surface area contributed by atoms with E-state index >= 15 is 0 Å². The Labute approximate surface area is 158 Å². The molecular weight excluding hydrogens is 344 g/mol. The van der Waals surface area contributed by atoms with E-state index in [1.807, 2.05) is 19.1 Å². The van der Waals surface area contributed by atoms with Crippen LogP contribution >= 0.6 is 0 Å². The van der Waals surface area contributed by atoms with Crippen LogP contribution in [0.25, 0.3) is 0 Å². The van der Waals surface area contributed by atoms with E-state index in [0.29, 0.717) is 11.5 Å². The highest BCUT2D eigenvalue weighted by Gasteiger charge is 2.59. The van der Waals surface area contributed by atoms with Crippen molar-refractivity contribution in [3.8, 4) is 11.5 Å². The number of amides is 2. The van der Waals surface area contributed by atoms with E-state index in [4.69, 9.17) is 9.47 Å². The number of carbonyl (C=O) groups excluding carboxylic acids is 2. The van der Waals surface area contributed by atoms with Crippen LogP contribution in [0.15, 0.2) is 35.5 Å². The van der Waals surface area contributed by atoms with Gasteiger partial charge in [0.15, 0.2) is 11.5 Å². The molecule has 27 heavy (non-hydrogen) atoms. The Morgan fingerprint density at radius 1 is 1.19 bits per heavy atom. The lowest BCUT2D eigenvalue weighted by atomic mass is 9.85. The van der Waals surface area contributed by atoms with Gasteiger partial charge >= 0.3 is 0 Å². The number of hydrogen-bond acceptors (Lipinski definition) is 5. The van der Waals surface area contributed by atoms with Crippen molar-refractivity contribution >= 4 is 18.0 Å². The third-order valence-corrected chi connectivity index (χ3v) is 5.86. The molecular formula is C21H24N2O4. The van der Waals surface area contributed by atoms with Crippen molar-refractivity contribution in [1.82, 2.24) is 5.01 Å². The molecule has 5 atom stereocenters. The van der Waals surface area contributed by atoms with Crippen LogP contribution in [0.5, 0.6) is 11.5 Å². The average Bonchev–Trinajstić information content (AvgIpc) is 3.35. The standard InChI is InChI=1S/C21H24N2O4/c1-4-12(2)27-16-8-5-13(9-17(16)26-3)11-22-23-20(24)18-14-6-7-15(10-14)19(18)21(23)25/h5-9,11-12,14-15,18-19H,4,10H2,1-3H3/t12-,14-,15-,18-,19+/m0/s1. The number of nitrogens with zero attached hydrogens (tertiary/aromatic N) is 2. The second-order valence-electron chi connectivity index (χ2n) is 7.48. The Hall–Kier alpha value is -2.63. The first kappa shape index (κ1) is 17.8. The van der Waals surface area contributed by atoms with Crippen LogP contribution in [0.1, 0.15) is 32.3 Å².